The normalized spacial score (nSPS) is 16.4. The van der Waals surface area contributed by atoms with Crippen molar-refractivity contribution in [2.75, 3.05) is 12.4 Å². The van der Waals surface area contributed by atoms with Crippen molar-refractivity contribution in [3.63, 3.8) is 0 Å². The SMILES string of the molecule is COc1cc2c(cc1NC(=O)[C@@H](C)OC(=O)c1cc3c(s1)CC[C@H](C)C3)oc1ccccc12. The van der Waals surface area contributed by atoms with Gasteiger partial charge in [0.15, 0.2) is 6.10 Å². The van der Waals surface area contributed by atoms with Gasteiger partial charge in [-0.2, -0.15) is 0 Å². The maximum absolute atomic E-state index is 12.8. The van der Waals surface area contributed by atoms with Crippen LogP contribution in [0.3, 0.4) is 0 Å². The maximum Gasteiger partial charge on any atom is 0.349 e. The number of carbonyl (C=O) groups excluding carboxylic acids is 2. The molecule has 2 atom stereocenters. The molecule has 170 valence electrons. The average molecular weight is 464 g/mol. The molecule has 0 saturated carbocycles. The Balaban J connectivity index is 1.32. The second-order valence-electron chi connectivity index (χ2n) is 8.59. The van der Waals surface area contributed by atoms with Gasteiger partial charge in [0, 0.05) is 21.7 Å². The maximum atomic E-state index is 12.8. The number of hydrogen-bond acceptors (Lipinski definition) is 6. The number of rotatable bonds is 5. The van der Waals surface area contributed by atoms with Crippen LogP contribution < -0.4 is 10.1 Å². The standard InChI is InChI=1S/C26H25NO5S/c1-14-8-9-23-16(10-14)11-24(33-23)26(29)31-15(2)25(28)27-19-13-21-18(12-22(19)30-3)17-6-4-5-7-20(17)32-21/h4-7,11-15H,8-10H2,1-3H3,(H,27,28)/t14-,15+/m0/s1. The first kappa shape index (κ1) is 21.5. The van der Waals surface area contributed by atoms with Gasteiger partial charge in [0.2, 0.25) is 0 Å². The molecule has 0 unspecified atom stereocenters. The highest BCUT2D eigenvalue weighted by molar-refractivity contribution is 7.14. The summed E-state index contributed by atoms with van der Waals surface area (Å²) in [5.41, 5.74) is 3.08. The van der Waals surface area contributed by atoms with E-state index in [1.807, 2.05) is 36.4 Å². The molecule has 2 heterocycles. The fourth-order valence-corrected chi connectivity index (χ4v) is 5.42. The molecule has 4 aromatic rings. The Hall–Kier alpha value is -3.32. The van der Waals surface area contributed by atoms with Gasteiger partial charge >= 0.3 is 5.97 Å². The van der Waals surface area contributed by atoms with Gasteiger partial charge in [-0.1, -0.05) is 25.1 Å². The van der Waals surface area contributed by atoms with Gasteiger partial charge in [-0.05, 0) is 55.9 Å². The largest absolute Gasteiger partial charge is 0.495 e. The Morgan fingerprint density at radius 2 is 1.97 bits per heavy atom. The molecular formula is C26H25NO5S. The third-order valence-corrected chi connectivity index (χ3v) is 7.36. The highest BCUT2D eigenvalue weighted by Crippen LogP contribution is 2.36. The van der Waals surface area contributed by atoms with Crippen LogP contribution in [0.25, 0.3) is 21.9 Å². The molecule has 6 nitrogen and oxygen atoms in total. The van der Waals surface area contributed by atoms with E-state index in [4.69, 9.17) is 13.9 Å². The fourth-order valence-electron chi connectivity index (χ4n) is 4.33. The van der Waals surface area contributed by atoms with E-state index in [0.717, 1.165) is 35.6 Å². The van der Waals surface area contributed by atoms with Gasteiger partial charge < -0.3 is 19.2 Å². The zero-order chi connectivity index (χ0) is 23.1. The molecule has 1 aliphatic rings. The van der Waals surface area contributed by atoms with E-state index >= 15 is 0 Å². The number of esters is 1. The topological polar surface area (TPSA) is 77.8 Å². The number of amides is 1. The van der Waals surface area contributed by atoms with E-state index in [0.29, 0.717) is 27.8 Å². The molecule has 1 aliphatic carbocycles. The van der Waals surface area contributed by atoms with Crippen molar-refractivity contribution in [2.45, 2.75) is 39.2 Å². The molecule has 0 fully saturated rings. The summed E-state index contributed by atoms with van der Waals surface area (Å²) >= 11 is 1.47. The molecule has 33 heavy (non-hydrogen) atoms. The van der Waals surface area contributed by atoms with Crippen LogP contribution in [0.5, 0.6) is 5.75 Å². The van der Waals surface area contributed by atoms with Gasteiger partial charge in [-0.3, -0.25) is 4.79 Å². The van der Waals surface area contributed by atoms with Crippen molar-refractivity contribution >= 4 is 50.8 Å². The summed E-state index contributed by atoms with van der Waals surface area (Å²) in [6.07, 6.45) is 2.15. The van der Waals surface area contributed by atoms with E-state index in [1.54, 1.807) is 20.1 Å². The van der Waals surface area contributed by atoms with Gasteiger partial charge in [-0.25, -0.2) is 4.79 Å². The summed E-state index contributed by atoms with van der Waals surface area (Å²) in [5.74, 6) is 0.220. The summed E-state index contributed by atoms with van der Waals surface area (Å²) in [6, 6.07) is 13.2. The van der Waals surface area contributed by atoms with E-state index in [9.17, 15) is 9.59 Å². The molecule has 1 N–H and O–H groups in total. The van der Waals surface area contributed by atoms with E-state index in [-0.39, 0.29) is 0 Å². The first-order chi connectivity index (χ1) is 15.9. The van der Waals surface area contributed by atoms with Crippen LogP contribution in [0.2, 0.25) is 0 Å². The highest BCUT2D eigenvalue weighted by atomic mass is 32.1. The zero-order valence-corrected chi connectivity index (χ0v) is 19.6. The number of thiophene rings is 1. The minimum Gasteiger partial charge on any atom is -0.495 e. The lowest BCUT2D eigenvalue weighted by Gasteiger charge is -2.16. The van der Waals surface area contributed by atoms with Crippen molar-refractivity contribution in [1.82, 2.24) is 0 Å². The first-order valence-electron chi connectivity index (χ1n) is 11.1. The van der Waals surface area contributed by atoms with Gasteiger partial charge in [0.25, 0.3) is 5.91 Å². The molecule has 1 amide bonds. The van der Waals surface area contributed by atoms with Crippen LogP contribution in [0, 0.1) is 5.92 Å². The molecule has 7 heteroatoms. The van der Waals surface area contributed by atoms with Crippen molar-refractivity contribution < 1.29 is 23.5 Å². The predicted octanol–water partition coefficient (Wildman–Crippen LogP) is 5.96. The highest BCUT2D eigenvalue weighted by Gasteiger charge is 2.25. The minimum atomic E-state index is -0.966. The Morgan fingerprint density at radius 1 is 1.15 bits per heavy atom. The second-order valence-corrected chi connectivity index (χ2v) is 9.73. The third-order valence-electron chi connectivity index (χ3n) is 6.14. The average Bonchev–Trinajstić information content (AvgIpc) is 3.38. The quantitative estimate of drug-likeness (QED) is 0.369. The molecule has 2 aromatic carbocycles. The number of ether oxygens (including phenoxy) is 2. The van der Waals surface area contributed by atoms with Gasteiger partial charge in [-0.15, -0.1) is 11.3 Å². The van der Waals surface area contributed by atoms with Crippen molar-refractivity contribution in [3.05, 3.63) is 57.8 Å². The Labute approximate surface area is 195 Å². The Kier molecular flexibility index (Phi) is 5.58. The van der Waals surface area contributed by atoms with Crippen molar-refractivity contribution in [1.29, 1.82) is 0 Å². The van der Waals surface area contributed by atoms with Crippen LogP contribution in [-0.2, 0) is 22.4 Å². The number of fused-ring (bicyclic) bond motifs is 4. The zero-order valence-electron chi connectivity index (χ0n) is 18.8. The molecule has 2 aromatic heterocycles. The number of hydrogen-bond donors (Lipinski definition) is 1. The lowest BCUT2D eigenvalue weighted by molar-refractivity contribution is -0.123. The monoisotopic (exact) mass is 463 g/mol. The van der Waals surface area contributed by atoms with E-state index < -0.39 is 18.0 Å². The Bertz CT molecular complexity index is 1370. The number of anilines is 1. The van der Waals surface area contributed by atoms with Crippen LogP contribution in [0.4, 0.5) is 5.69 Å². The van der Waals surface area contributed by atoms with Crippen molar-refractivity contribution in [2.24, 2.45) is 5.92 Å². The van der Waals surface area contributed by atoms with E-state index in [2.05, 4.69) is 12.2 Å². The lowest BCUT2D eigenvalue weighted by atomic mass is 9.90. The minimum absolute atomic E-state index is 0.438. The molecule has 5 rings (SSSR count). The lowest BCUT2D eigenvalue weighted by Crippen LogP contribution is -2.30. The number of furan rings is 1. The number of para-hydroxylation sites is 1. The van der Waals surface area contributed by atoms with E-state index in [1.165, 1.54) is 21.8 Å². The smallest absolute Gasteiger partial charge is 0.349 e. The van der Waals surface area contributed by atoms with Crippen molar-refractivity contribution in [3.8, 4) is 5.75 Å². The molecule has 0 radical (unpaired) electrons. The predicted molar refractivity (Wildman–Crippen MR) is 129 cm³/mol. The van der Waals surface area contributed by atoms with Gasteiger partial charge in [0.05, 0.1) is 12.8 Å². The summed E-state index contributed by atoms with van der Waals surface area (Å²) in [4.78, 5) is 27.3. The Morgan fingerprint density at radius 3 is 2.79 bits per heavy atom. The van der Waals surface area contributed by atoms with Crippen LogP contribution in [0.1, 0.15) is 40.4 Å². The number of nitrogens with one attached hydrogen (secondary N) is 1. The van der Waals surface area contributed by atoms with Crippen LogP contribution >= 0.6 is 11.3 Å². The second kappa shape index (κ2) is 8.56. The molecule has 0 saturated heterocycles. The molecule has 0 aliphatic heterocycles. The number of benzene rings is 2. The molecule has 0 bridgehead atoms. The number of methoxy groups -OCH3 is 1. The van der Waals surface area contributed by atoms with Crippen LogP contribution in [-0.4, -0.2) is 25.1 Å². The fraction of sp³-hybridized carbons (Fsp3) is 0.308. The van der Waals surface area contributed by atoms with Gasteiger partial charge in [0.1, 0.15) is 21.8 Å². The summed E-state index contributed by atoms with van der Waals surface area (Å²) in [7, 11) is 1.54. The summed E-state index contributed by atoms with van der Waals surface area (Å²) in [5, 5.41) is 4.68. The number of carbonyl (C=O) groups is 2. The molecular weight excluding hydrogens is 438 g/mol. The summed E-state index contributed by atoms with van der Waals surface area (Å²) in [6.45, 7) is 3.79. The number of aryl methyl sites for hydroxylation is 1. The molecule has 0 spiro atoms. The summed E-state index contributed by atoms with van der Waals surface area (Å²) < 4.78 is 16.9. The first-order valence-corrected chi connectivity index (χ1v) is 11.9. The van der Waals surface area contributed by atoms with Crippen LogP contribution in [0.15, 0.2) is 46.9 Å². The third kappa shape index (κ3) is 4.09.